The maximum Gasteiger partial charge on any atom is 0.335 e. The molecule has 2 fully saturated rings. The fourth-order valence-electron chi connectivity index (χ4n) is 5.19. The van der Waals surface area contributed by atoms with Gasteiger partial charge in [0, 0.05) is 36.8 Å². The monoisotopic (exact) mass is 476 g/mol. The van der Waals surface area contributed by atoms with Crippen LogP contribution in [-0.2, 0) is 21.2 Å². The van der Waals surface area contributed by atoms with Gasteiger partial charge in [0.05, 0.1) is 11.9 Å². The van der Waals surface area contributed by atoms with E-state index in [4.69, 9.17) is 15.0 Å². The molecule has 5 rings (SSSR count). The van der Waals surface area contributed by atoms with Gasteiger partial charge in [0.2, 0.25) is 11.8 Å². The molecule has 2 aliphatic rings. The van der Waals surface area contributed by atoms with Crippen LogP contribution in [0.25, 0.3) is 21.4 Å². The van der Waals surface area contributed by atoms with Crippen LogP contribution in [0.5, 0.6) is 0 Å². The van der Waals surface area contributed by atoms with E-state index in [1.54, 1.807) is 18.9 Å². The Bertz CT molecular complexity index is 1340. The highest BCUT2D eigenvalue weighted by Crippen LogP contribution is 2.50. The van der Waals surface area contributed by atoms with Gasteiger partial charge in [-0.25, -0.2) is 6.57 Å². The van der Waals surface area contributed by atoms with E-state index in [1.807, 2.05) is 67.7 Å². The van der Waals surface area contributed by atoms with Crippen molar-refractivity contribution in [3.05, 3.63) is 77.8 Å². The molecule has 1 aromatic heterocycles. The minimum atomic E-state index is -0.882. The zero-order valence-corrected chi connectivity index (χ0v) is 19.9. The number of rotatable bonds is 2. The van der Waals surface area contributed by atoms with Crippen LogP contribution in [-0.4, -0.2) is 59.3 Å². The van der Waals surface area contributed by atoms with E-state index in [0.717, 1.165) is 22.2 Å². The van der Waals surface area contributed by atoms with E-state index in [2.05, 4.69) is 9.41 Å². The molecular formula is C25H24N4O4S. The Morgan fingerprint density at radius 1 is 1.03 bits per heavy atom. The van der Waals surface area contributed by atoms with Crippen molar-refractivity contribution in [2.24, 2.45) is 0 Å². The average Bonchev–Trinajstić information content (AvgIpc) is 3.38. The molecule has 0 radical (unpaired) electrons. The van der Waals surface area contributed by atoms with E-state index in [9.17, 15) is 9.59 Å². The van der Waals surface area contributed by atoms with Crippen LogP contribution in [0.1, 0.15) is 31.9 Å². The third-order valence-corrected chi connectivity index (χ3v) is 6.96. The van der Waals surface area contributed by atoms with Crippen LogP contribution in [0.2, 0.25) is 0 Å². The summed E-state index contributed by atoms with van der Waals surface area (Å²) in [4.78, 5) is 33.6. The number of benzene rings is 2. The Labute approximate surface area is 201 Å². The predicted octanol–water partition coefficient (Wildman–Crippen LogP) is 3.14. The van der Waals surface area contributed by atoms with E-state index < -0.39 is 35.2 Å². The van der Waals surface area contributed by atoms with E-state index in [-0.39, 0.29) is 11.8 Å². The van der Waals surface area contributed by atoms with E-state index >= 15 is 0 Å². The molecule has 0 spiro atoms. The standard InChI is InChI=1S/C25H24N4O2.O2S/c1-16-23(30)29-21(24(31)27(16)4)14-25(2,26-3)22(29)19-15-28(17-10-6-5-7-11-17)20-13-9-8-12-18(19)20;1-3-2/h5-13,15-16,21-22H,14H2,1-2,4H3;/t16-,21+,22?,25+;/m1./s1. The van der Waals surface area contributed by atoms with Gasteiger partial charge < -0.3 is 19.2 Å². The highest BCUT2D eigenvalue weighted by molar-refractivity contribution is 7.51. The quantitative estimate of drug-likeness (QED) is 0.532. The van der Waals surface area contributed by atoms with Gasteiger partial charge >= 0.3 is 11.6 Å². The molecule has 3 aromatic rings. The lowest BCUT2D eigenvalue weighted by Crippen LogP contribution is -2.60. The second-order valence-electron chi connectivity index (χ2n) is 8.84. The second kappa shape index (κ2) is 8.88. The third-order valence-electron chi connectivity index (χ3n) is 6.96. The highest BCUT2D eigenvalue weighted by atomic mass is 32.1. The molecule has 4 atom stereocenters. The number of carbonyl (C=O) groups is 2. The number of hydrogen-bond acceptors (Lipinski definition) is 4. The van der Waals surface area contributed by atoms with Gasteiger partial charge in [-0.3, -0.25) is 9.59 Å². The first-order valence-electron chi connectivity index (χ1n) is 10.8. The molecule has 34 heavy (non-hydrogen) atoms. The maximum atomic E-state index is 13.4. The number of piperazine rings is 1. The molecule has 0 N–H and O–H groups in total. The molecule has 0 bridgehead atoms. The molecular weight excluding hydrogens is 452 g/mol. The summed E-state index contributed by atoms with van der Waals surface area (Å²) in [7, 11) is 1.67. The van der Waals surface area contributed by atoms with Crippen molar-refractivity contribution in [1.82, 2.24) is 14.4 Å². The number of fused-ring (bicyclic) bond motifs is 2. The smallest absolute Gasteiger partial charge is 0.332 e. The largest absolute Gasteiger partial charge is 0.335 e. The summed E-state index contributed by atoms with van der Waals surface area (Å²) in [5.41, 5.74) is 2.06. The molecule has 8 nitrogen and oxygen atoms in total. The van der Waals surface area contributed by atoms with E-state index in [1.165, 1.54) is 4.90 Å². The number of para-hydroxylation sites is 2. The maximum absolute atomic E-state index is 13.4. The van der Waals surface area contributed by atoms with Gasteiger partial charge in [-0.2, -0.15) is 8.42 Å². The number of likely N-dealkylation sites (N-methyl/N-ethyl adjacent to an activating group) is 1. The van der Waals surface area contributed by atoms with Crippen LogP contribution < -0.4 is 0 Å². The second-order valence-corrected chi connectivity index (χ2v) is 8.97. The minimum Gasteiger partial charge on any atom is -0.332 e. The fraction of sp³-hybridized carbons (Fsp3) is 0.320. The SMILES string of the molecule is O=S=O.[C-]#[N+][C@@]1(C)C[C@H]2C(=O)N(C)[C@H](C)C(=O)N2C1c1cn(-c2ccccc2)c2ccccc12. The van der Waals surface area contributed by atoms with Crippen molar-refractivity contribution < 1.29 is 18.0 Å². The zero-order valence-electron chi connectivity index (χ0n) is 19.0. The van der Waals surface area contributed by atoms with Crippen molar-refractivity contribution in [3.63, 3.8) is 0 Å². The first kappa shape index (κ1) is 23.4. The van der Waals surface area contributed by atoms with Crippen molar-refractivity contribution in [1.29, 1.82) is 0 Å². The van der Waals surface area contributed by atoms with Crippen molar-refractivity contribution >= 4 is 34.3 Å². The molecule has 2 amide bonds. The van der Waals surface area contributed by atoms with Crippen molar-refractivity contribution in [2.75, 3.05) is 7.05 Å². The Kier molecular flexibility index (Phi) is 6.11. The Balaban J connectivity index is 0.000000868. The lowest BCUT2D eigenvalue weighted by atomic mass is 9.87. The van der Waals surface area contributed by atoms with Gasteiger partial charge in [0.1, 0.15) is 18.1 Å². The molecule has 174 valence electrons. The molecule has 0 aliphatic carbocycles. The number of amides is 2. The van der Waals surface area contributed by atoms with Crippen LogP contribution in [0.3, 0.4) is 0 Å². The summed E-state index contributed by atoms with van der Waals surface area (Å²) in [5.74, 6) is -0.183. The Morgan fingerprint density at radius 2 is 1.65 bits per heavy atom. The normalized spacial score (nSPS) is 26.0. The third kappa shape index (κ3) is 3.51. The van der Waals surface area contributed by atoms with Crippen LogP contribution in [0.15, 0.2) is 60.8 Å². The Hall–Kier alpha value is -3.77. The van der Waals surface area contributed by atoms with Crippen LogP contribution in [0, 0.1) is 6.57 Å². The van der Waals surface area contributed by atoms with Gasteiger partial charge in [0.25, 0.3) is 5.54 Å². The lowest BCUT2D eigenvalue weighted by Gasteiger charge is -2.40. The Morgan fingerprint density at radius 3 is 2.29 bits per heavy atom. The number of carbonyl (C=O) groups excluding carboxylic acids is 2. The molecule has 3 heterocycles. The topological polar surface area (TPSA) is 84.0 Å². The first-order valence-corrected chi connectivity index (χ1v) is 11.5. The minimum absolute atomic E-state index is 0.0868. The molecule has 9 heteroatoms. The number of nitrogens with zero attached hydrogens (tertiary/aromatic N) is 4. The molecule has 2 saturated heterocycles. The summed E-state index contributed by atoms with van der Waals surface area (Å²) >= 11 is -0.750. The highest BCUT2D eigenvalue weighted by Gasteiger charge is 2.63. The zero-order chi connectivity index (χ0) is 24.6. The number of aromatic nitrogens is 1. The van der Waals surface area contributed by atoms with Gasteiger partial charge in [-0.1, -0.05) is 36.4 Å². The molecule has 2 aromatic carbocycles. The average molecular weight is 477 g/mol. The fourth-order valence-corrected chi connectivity index (χ4v) is 5.19. The first-order chi connectivity index (χ1) is 16.3. The summed E-state index contributed by atoms with van der Waals surface area (Å²) in [5, 5.41) is 0.999. The van der Waals surface area contributed by atoms with Gasteiger partial charge in [-0.05, 0) is 25.1 Å². The van der Waals surface area contributed by atoms with Crippen LogP contribution in [0.4, 0.5) is 0 Å². The summed E-state index contributed by atoms with van der Waals surface area (Å²) in [6, 6.07) is 16.4. The summed E-state index contributed by atoms with van der Waals surface area (Å²) in [6.45, 7) is 11.6. The van der Waals surface area contributed by atoms with E-state index in [0.29, 0.717) is 6.42 Å². The lowest BCUT2D eigenvalue weighted by molar-refractivity contribution is -0.159. The summed E-state index contributed by atoms with van der Waals surface area (Å²) < 4.78 is 18.7. The predicted molar refractivity (Wildman–Crippen MR) is 127 cm³/mol. The number of hydrogen-bond donors (Lipinski definition) is 0. The molecule has 0 saturated carbocycles. The van der Waals surface area contributed by atoms with Gasteiger partial charge in [-0.15, -0.1) is 0 Å². The summed E-state index contributed by atoms with van der Waals surface area (Å²) in [6.07, 6.45) is 2.38. The van der Waals surface area contributed by atoms with Gasteiger partial charge in [0.15, 0.2) is 0 Å². The molecule has 1 unspecified atom stereocenters. The van der Waals surface area contributed by atoms with Crippen LogP contribution >= 0.6 is 0 Å². The molecule has 2 aliphatic heterocycles. The van der Waals surface area contributed by atoms with Crippen molar-refractivity contribution in [2.45, 2.75) is 43.9 Å². The van der Waals surface area contributed by atoms with Crippen molar-refractivity contribution in [3.8, 4) is 5.69 Å².